The summed E-state index contributed by atoms with van der Waals surface area (Å²) in [5.41, 5.74) is 2.36. The van der Waals surface area contributed by atoms with E-state index in [2.05, 4.69) is 28.0 Å². The van der Waals surface area contributed by atoms with Crippen molar-refractivity contribution >= 4 is 25.8 Å². The predicted molar refractivity (Wildman–Crippen MR) is 71.2 cm³/mol. The Labute approximate surface area is 110 Å². The third-order valence-electron chi connectivity index (χ3n) is 3.17. The van der Waals surface area contributed by atoms with Crippen LogP contribution in [0, 0.1) is 0 Å². The van der Waals surface area contributed by atoms with E-state index in [9.17, 15) is 8.42 Å². The van der Waals surface area contributed by atoms with Crippen molar-refractivity contribution in [3.8, 4) is 0 Å². The van der Waals surface area contributed by atoms with Gasteiger partial charge in [0.2, 0.25) is 0 Å². The van der Waals surface area contributed by atoms with E-state index in [1.54, 1.807) is 0 Å². The molecule has 4 nitrogen and oxygen atoms in total. The molecule has 0 saturated carbocycles. The third-order valence-corrected chi connectivity index (χ3v) is 5.52. The van der Waals surface area contributed by atoms with Crippen molar-refractivity contribution in [2.24, 2.45) is 0 Å². The molecule has 96 valence electrons. The fourth-order valence-corrected chi connectivity index (χ4v) is 4.49. The normalized spacial score (nSPS) is 23.1. The molecule has 2 rings (SSSR count). The van der Waals surface area contributed by atoms with E-state index in [0.29, 0.717) is 12.2 Å². The largest absolute Gasteiger partial charge is 0.265 e. The molecule has 1 aliphatic rings. The van der Waals surface area contributed by atoms with Gasteiger partial charge < -0.3 is 0 Å². The standard InChI is InChI=1S/C11H17BrN2O2S/c1-2-3-11-9(6-12)7-13-14(11)10-4-5-17(15,16)8-10/h7,10H,2-6,8H2,1H3. The fourth-order valence-electron chi connectivity index (χ4n) is 2.33. The number of sulfone groups is 1. The Morgan fingerprint density at radius 1 is 1.59 bits per heavy atom. The molecule has 6 heteroatoms. The van der Waals surface area contributed by atoms with E-state index in [1.165, 1.54) is 11.3 Å². The molecule has 0 bridgehead atoms. The van der Waals surface area contributed by atoms with Gasteiger partial charge in [-0.25, -0.2) is 8.42 Å². The van der Waals surface area contributed by atoms with Gasteiger partial charge in [-0.3, -0.25) is 4.68 Å². The van der Waals surface area contributed by atoms with Gasteiger partial charge in [0, 0.05) is 16.6 Å². The van der Waals surface area contributed by atoms with Crippen molar-refractivity contribution in [1.82, 2.24) is 9.78 Å². The van der Waals surface area contributed by atoms with Crippen LogP contribution in [-0.4, -0.2) is 29.7 Å². The van der Waals surface area contributed by atoms with Gasteiger partial charge in [0.25, 0.3) is 0 Å². The summed E-state index contributed by atoms with van der Waals surface area (Å²) < 4.78 is 25.0. The fraction of sp³-hybridized carbons (Fsp3) is 0.727. The lowest BCUT2D eigenvalue weighted by Gasteiger charge is -2.13. The van der Waals surface area contributed by atoms with Crippen molar-refractivity contribution in [3.05, 3.63) is 17.5 Å². The summed E-state index contributed by atoms with van der Waals surface area (Å²) in [4.78, 5) is 0. The van der Waals surface area contributed by atoms with Crippen molar-refractivity contribution < 1.29 is 8.42 Å². The summed E-state index contributed by atoms with van der Waals surface area (Å²) in [6.07, 6.45) is 4.55. The quantitative estimate of drug-likeness (QED) is 0.798. The molecule has 1 fully saturated rings. The molecule has 0 N–H and O–H groups in total. The predicted octanol–water partition coefficient (Wildman–Crippen LogP) is 2.09. The van der Waals surface area contributed by atoms with Gasteiger partial charge in [0.05, 0.1) is 23.7 Å². The molecular formula is C11H17BrN2O2S. The van der Waals surface area contributed by atoms with Gasteiger partial charge in [0.15, 0.2) is 9.84 Å². The van der Waals surface area contributed by atoms with E-state index < -0.39 is 9.84 Å². The zero-order valence-corrected chi connectivity index (χ0v) is 12.3. The highest BCUT2D eigenvalue weighted by Crippen LogP contribution is 2.27. The van der Waals surface area contributed by atoms with E-state index in [0.717, 1.165) is 18.2 Å². The first kappa shape index (κ1) is 13.1. The van der Waals surface area contributed by atoms with Gasteiger partial charge in [-0.2, -0.15) is 5.10 Å². The molecule has 1 aliphatic heterocycles. The zero-order valence-electron chi connectivity index (χ0n) is 9.89. The smallest absolute Gasteiger partial charge is 0.152 e. The van der Waals surface area contributed by atoms with Gasteiger partial charge >= 0.3 is 0 Å². The van der Waals surface area contributed by atoms with Crippen LogP contribution in [0.15, 0.2) is 6.20 Å². The average molecular weight is 321 g/mol. The second-order valence-electron chi connectivity index (χ2n) is 4.50. The maximum atomic E-state index is 11.5. The van der Waals surface area contributed by atoms with Crippen molar-refractivity contribution in [1.29, 1.82) is 0 Å². The Bertz CT molecular complexity index is 496. The molecule has 17 heavy (non-hydrogen) atoms. The second kappa shape index (κ2) is 5.10. The number of halogens is 1. The molecule has 0 radical (unpaired) electrons. The molecule has 0 amide bonds. The highest BCUT2D eigenvalue weighted by molar-refractivity contribution is 9.08. The van der Waals surface area contributed by atoms with Crippen LogP contribution in [-0.2, 0) is 21.6 Å². The summed E-state index contributed by atoms with van der Waals surface area (Å²) in [7, 11) is -2.85. The summed E-state index contributed by atoms with van der Waals surface area (Å²) >= 11 is 3.45. The molecule has 0 aromatic carbocycles. The minimum Gasteiger partial charge on any atom is -0.265 e. The van der Waals surface area contributed by atoms with Crippen LogP contribution in [0.25, 0.3) is 0 Å². The summed E-state index contributed by atoms with van der Waals surface area (Å²) in [6, 6.07) is 0.0364. The van der Waals surface area contributed by atoms with Gasteiger partial charge in [-0.05, 0) is 12.8 Å². The summed E-state index contributed by atoms with van der Waals surface area (Å²) in [5, 5.41) is 5.15. The maximum Gasteiger partial charge on any atom is 0.152 e. The second-order valence-corrected chi connectivity index (χ2v) is 7.29. The van der Waals surface area contributed by atoms with E-state index >= 15 is 0 Å². The SMILES string of the molecule is CCCc1c(CBr)cnn1C1CCS(=O)(=O)C1. The molecule has 1 unspecified atom stereocenters. The molecular weight excluding hydrogens is 304 g/mol. The Morgan fingerprint density at radius 2 is 2.35 bits per heavy atom. The van der Waals surface area contributed by atoms with Crippen LogP contribution in [0.5, 0.6) is 0 Å². The maximum absolute atomic E-state index is 11.5. The Hall–Kier alpha value is -0.360. The van der Waals surface area contributed by atoms with Crippen molar-refractivity contribution in [2.75, 3.05) is 11.5 Å². The summed E-state index contributed by atoms with van der Waals surface area (Å²) in [6.45, 7) is 2.13. The van der Waals surface area contributed by atoms with Crippen molar-refractivity contribution in [3.63, 3.8) is 0 Å². The zero-order chi connectivity index (χ0) is 12.5. The number of hydrogen-bond acceptors (Lipinski definition) is 3. The monoisotopic (exact) mass is 320 g/mol. The molecule has 2 heterocycles. The number of rotatable bonds is 4. The van der Waals surface area contributed by atoms with Crippen LogP contribution >= 0.6 is 15.9 Å². The van der Waals surface area contributed by atoms with Gasteiger partial charge in [-0.15, -0.1) is 0 Å². The van der Waals surface area contributed by atoms with E-state index in [1.807, 2.05) is 10.9 Å². The lowest BCUT2D eigenvalue weighted by molar-refractivity contribution is 0.478. The molecule has 1 atom stereocenters. The minimum absolute atomic E-state index is 0.0364. The van der Waals surface area contributed by atoms with Gasteiger partial charge in [-0.1, -0.05) is 29.3 Å². The number of hydrogen-bond donors (Lipinski definition) is 0. The topological polar surface area (TPSA) is 52.0 Å². The first-order valence-electron chi connectivity index (χ1n) is 5.89. The highest BCUT2D eigenvalue weighted by Gasteiger charge is 2.31. The van der Waals surface area contributed by atoms with Gasteiger partial charge in [0.1, 0.15) is 0 Å². The Kier molecular flexibility index (Phi) is 3.92. The molecule has 0 aliphatic carbocycles. The number of aromatic nitrogens is 2. The van der Waals surface area contributed by atoms with Crippen LogP contribution < -0.4 is 0 Å². The number of nitrogens with zero attached hydrogens (tertiary/aromatic N) is 2. The van der Waals surface area contributed by atoms with Crippen LogP contribution in [0.4, 0.5) is 0 Å². The van der Waals surface area contributed by atoms with Crippen molar-refractivity contribution in [2.45, 2.75) is 37.6 Å². The molecule has 1 aromatic heterocycles. The van der Waals surface area contributed by atoms with Crippen LogP contribution in [0.3, 0.4) is 0 Å². The molecule has 1 saturated heterocycles. The minimum atomic E-state index is -2.85. The Morgan fingerprint density at radius 3 is 2.88 bits per heavy atom. The first-order chi connectivity index (χ1) is 8.07. The van der Waals surface area contributed by atoms with Crippen LogP contribution in [0.2, 0.25) is 0 Å². The van der Waals surface area contributed by atoms with E-state index in [-0.39, 0.29) is 11.8 Å². The number of alkyl halides is 1. The Balaban J connectivity index is 2.29. The lowest BCUT2D eigenvalue weighted by atomic mass is 10.1. The molecule has 0 spiro atoms. The van der Waals surface area contributed by atoms with E-state index in [4.69, 9.17) is 0 Å². The summed E-state index contributed by atoms with van der Waals surface area (Å²) in [5.74, 6) is 0.542. The molecule has 1 aromatic rings. The third kappa shape index (κ3) is 2.73. The lowest BCUT2D eigenvalue weighted by Crippen LogP contribution is -2.15. The highest BCUT2D eigenvalue weighted by atomic mass is 79.9. The average Bonchev–Trinajstić information content (AvgIpc) is 2.82. The first-order valence-corrected chi connectivity index (χ1v) is 8.83. The van der Waals surface area contributed by atoms with Crippen LogP contribution in [0.1, 0.15) is 37.1 Å².